The van der Waals surface area contributed by atoms with Gasteiger partial charge in [0, 0.05) is 33.7 Å². The lowest BCUT2D eigenvalue weighted by molar-refractivity contribution is -0.118. The van der Waals surface area contributed by atoms with Crippen LogP contribution in [0.4, 0.5) is 11.4 Å². The largest absolute Gasteiger partial charge is 0.326 e. The lowest BCUT2D eigenvalue weighted by atomic mass is 10.2. The van der Waals surface area contributed by atoms with E-state index < -0.39 is 15.7 Å². The number of sulfone groups is 1. The first-order valence-electron chi connectivity index (χ1n) is 9.03. The third kappa shape index (κ3) is 5.12. The van der Waals surface area contributed by atoms with E-state index in [1.54, 1.807) is 31.2 Å². The highest BCUT2D eigenvalue weighted by Gasteiger charge is 2.23. The van der Waals surface area contributed by atoms with Crippen molar-refractivity contribution in [2.45, 2.75) is 30.1 Å². The molecule has 2 amide bonds. The number of fused-ring (bicyclic) bond motifs is 1. The minimum absolute atomic E-state index is 0.0819. The van der Waals surface area contributed by atoms with Crippen LogP contribution in [0, 0.1) is 12.8 Å². The molecule has 0 radical (unpaired) electrons. The van der Waals surface area contributed by atoms with Crippen molar-refractivity contribution in [3.05, 3.63) is 47.0 Å². The van der Waals surface area contributed by atoms with Gasteiger partial charge in [0.1, 0.15) is 0 Å². The van der Waals surface area contributed by atoms with Gasteiger partial charge in [-0.1, -0.05) is 24.6 Å². The summed E-state index contributed by atoms with van der Waals surface area (Å²) >= 11 is 7.55. The molecule has 0 saturated carbocycles. The number of rotatable bonds is 5. The first-order valence-corrected chi connectivity index (χ1v) is 12.0. The van der Waals surface area contributed by atoms with Gasteiger partial charge < -0.3 is 10.6 Å². The predicted molar refractivity (Wildman–Crippen MR) is 116 cm³/mol. The van der Waals surface area contributed by atoms with Crippen molar-refractivity contribution in [2.24, 2.45) is 5.92 Å². The number of carbonyl (C=O) groups is 2. The fourth-order valence-corrected chi connectivity index (χ4v) is 5.22. The minimum atomic E-state index is -3.69. The summed E-state index contributed by atoms with van der Waals surface area (Å²) < 4.78 is 25.4. The number of hydrogen-bond donors (Lipinski definition) is 2. The van der Waals surface area contributed by atoms with Crippen LogP contribution < -0.4 is 10.6 Å². The lowest BCUT2D eigenvalue weighted by Gasteiger charge is -2.11. The number of nitrogens with one attached hydrogen (secondary N) is 2. The smallest absolute Gasteiger partial charge is 0.228 e. The third-order valence-electron chi connectivity index (χ3n) is 4.64. The van der Waals surface area contributed by atoms with Crippen molar-refractivity contribution >= 4 is 56.4 Å². The van der Waals surface area contributed by atoms with Crippen molar-refractivity contribution in [3.8, 4) is 0 Å². The van der Waals surface area contributed by atoms with Gasteiger partial charge in [-0.2, -0.15) is 0 Å². The average molecular weight is 453 g/mol. The normalized spacial score (nSPS) is 16.5. The molecule has 1 unspecified atom stereocenters. The monoisotopic (exact) mass is 452 g/mol. The number of amides is 2. The van der Waals surface area contributed by atoms with Crippen molar-refractivity contribution in [2.75, 3.05) is 22.1 Å². The first kappa shape index (κ1) is 21.7. The standard InChI is InChI=1S/C20H21ClN2O4S2/c1-12-11-28-18-7-6-14(10-17(18)23-20(12)25)29(26,27)9-8-19(24)22-16-5-3-4-15(21)13(16)2/h3-7,10,12H,8-9,11H2,1-2H3,(H,22,24)(H,23,25). The van der Waals surface area contributed by atoms with E-state index in [4.69, 9.17) is 11.6 Å². The molecule has 1 aliphatic rings. The summed E-state index contributed by atoms with van der Waals surface area (Å²) in [4.78, 5) is 25.2. The van der Waals surface area contributed by atoms with Crippen molar-refractivity contribution in [1.82, 2.24) is 0 Å². The molecule has 1 aliphatic heterocycles. The summed E-state index contributed by atoms with van der Waals surface area (Å²) in [5.41, 5.74) is 1.77. The third-order valence-corrected chi connectivity index (χ3v) is 8.10. The highest BCUT2D eigenvalue weighted by Crippen LogP contribution is 2.34. The van der Waals surface area contributed by atoms with Gasteiger partial charge in [0.05, 0.1) is 16.3 Å². The Labute approximate surface area is 179 Å². The molecule has 0 fully saturated rings. The SMILES string of the molecule is Cc1c(Cl)cccc1NC(=O)CCS(=O)(=O)c1ccc2c(c1)NC(=O)C(C)CS2. The molecule has 3 rings (SSSR count). The molecule has 2 N–H and O–H groups in total. The number of carbonyl (C=O) groups excluding carboxylic acids is 2. The Morgan fingerprint density at radius 1 is 1.31 bits per heavy atom. The maximum atomic E-state index is 12.7. The predicted octanol–water partition coefficient (Wildman–Crippen LogP) is 4.13. The van der Waals surface area contributed by atoms with Crippen molar-refractivity contribution in [1.29, 1.82) is 0 Å². The lowest BCUT2D eigenvalue weighted by Crippen LogP contribution is -2.20. The summed E-state index contributed by atoms with van der Waals surface area (Å²) in [7, 11) is -3.69. The Morgan fingerprint density at radius 2 is 2.07 bits per heavy atom. The van der Waals surface area contributed by atoms with Crippen LogP contribution in [0.2, 0.25) is 5.02 Å². The summed E-state index contributed by atoms with van der Waals surface area (Å²) in [6.45, 7) is 3.60. The zero-order valence-electron chi connectivity index (χ0n) is 16.0. The Kier molecular flexibility index (Phi) is 6.55. The first-order chi connectivity index (χ1) is 13.7. The van der Waals surface area contributed by atoms with Crippen LogP contribution in [0.5, 0.6) is 0 Å². The number of halogens is 1. The van der Waals surface area contributed by atoms with Crippen molar-refractivity contribution < 1.29 is 18.0 Å². The summed E-state index contributed by atoms with van der Waals surface area (Å²) in [5.74, 6) is -0.414. The molecule has 6 nitrogen and oxygen atoms in total. The van der Waals surface area contributed by atoms with Gasteiger partial charge in [-0.15, -0.1) is 11.8 Å². The van der Waals surface area contributed by atoms with Gasteiger partial charge in [-0.25, -0.2) is 8.42 Å². The van der Waals surface area contributed by atoms with Gasteiger partial charge in [0.25, 0.3) is 0 Å². The summed E-state index contributed by atoms with van der Waals surface area (Å²) in [5, 5.41) is 6.00. The van der Waals surface area contributed by atoms with Crippen LogP contribution in [0.3, 0.4) is 0 Å². The second-order valence-electron chi connectivity index (χ2n) is 6.89. The van der Waals surface area contributed by atoms with Crippen LogP contribution in [-0.4, -0.2) is 31.7 Å². The summed E-state index contributed by atoms with van der Waals surface area (Å²) in [6, 6.07) is 9.81. The molecule has 0 aromatic heterocycles. The maximum Gasteiger partial charge on any atom is 0.228 e. The van der Waals surface area contributed by atoms with Gasteiger partial charge >= 0.3 is 0 Å². The van der Waals surface area contributed by atoms with Crippen LogP contribution >= 0.6 is 23.4 Å². The second-order valence-corrected chi connectivity index (χ2v) is 10.5. The van der Waals surface area contributed by atoms with Gasteiger partial charge in [-0.3, -0.25) is 9.59 Å². The number of thioether (sulfide) groups is 1. The Hall–Kier alpha value is -2.03. The van der Waals surface area contributed by atoms with Crippen LogP contribution in [0.1, 0.15) is 18.9 Å². The molecule has 1 atom stereocenters. The van der Waals surface area contributed by atoms with Crippen molar-refractivity contribution in [3.63, 3.8) is 0 Å². The molecular weight excluding hydrogens is 432 g/mol. The van der Waals surface area contributed by atoms with Gasteiger partial charge in [0.2, 0.25) is 11.8 Å². The highest BCUT2D eigenvalue weighted by atomic mass is 35.5. The van der Waals surface area contributed by atoms with Gasteiger partial charge in [0.15, 0.2) is 9.84 Å². The molecule has 154 valence electrons. The molecule has 29 heavy (non-hydrogen) atoms. The Bertz CT molecular complexity index is 1070. The van der Waals surface area contributed by atoms with E-state index in [0.717, 1.165) is 10.5 Å². The fraction of sp³-hybridized carbons (Fsp3) is 0.300. The average Bonchev–Trinajstić information content (AvgIpc) is 2.82. The molecule has 0 saturated heterocycles. The maximum absolute atomic E-state index is 12.7. The molecule has 2 aromatic rings. The minimum Gasteiger partial charge on any atom is -0.326 e. The molecule has 9 heteroatoms. The van der Waals surface area contributed by atoms with E-state index in [1.807, 2.05) is 6.92 Å². The van der Waals surface area contributed by atoms with E-state index >= 15 is 0 Å². The van der Waals surface area contributed by atoms with E-state index in [0.29, 0.717) is 22.2 Å². The molecular formula is C20H21ClN2O4S2. The molecule has 2 aromatic carbocycles. The van der Waals surface area contributed by atoms with E-state index in [2.05, 4.69) is 10.6 Å². The molecule has 0 aliphatic carbocycles. The topological polar surface area (TPSA) is 92.3 Å². The van der Waals surface area contributed by atoms with E-state index in [9.17, 15) is 18.0 Å². The summed E-state index contributed by atoms with van der Waals surface area (Å²) in [6.07, 6.45) is -0.191. The van der Waals surface area contributed by atoms with Crippen LogP contribution in [-0.2, 0) is 19.4 Å². The zero-order chi connectivity index (χ0) is 21.2. The second kappa shape index (κ2) is 8.77. The van der Waals surface area contributed by atoms with Gasteiger partial charge in [-0.05, 0) is 42.8 Å². The Balaban J connectivity index is 1.70. The molecule has 1 heterocycles. The fourth-order valence-electron chi connectivity index (χ4n) is 2.77. The Morgan fingerprint density at radius 3 is 2.83 bits per heavy atom. The zero-order valence-corrected chi connectivity index (χ0v) is 18.4. The van der Waals surface area contributed by atoms with Crippen LogP contribution in [0.15, 0.2) is 46.2 Å². The molecule has 0 spiro atoms. The van der Waals surface area contributed by atoms with E-state index in [-0.39, 0.29) is 28.9 Å². The highest BCUT2D eigenvalue weighted by molar-refractivity contribution is 7.99. The van der Waals surface area contributed by atoms with E-state index in [1.165, 1.54) is 23.9 Å². The van der Waals surface area contributed by atoms with Crippen LogP contribution in [0.25, 0.3) is 0 Å². The quantitative estimate of drug-likeness (QED) is 0.711. The number of hydrogen-bond acceptors (Lipinski definition) is 5. The number of benzene rings is 2. The molecule has 0 bridgehead atoms. The number of anilines is 2.